The van der Waals surface area contributed by atoms with Gasteiger partial charge >= 0.3 is 0 Å². The number of halogens is 1. The maximum absolute atomic E-state index is 13.9. The molecule has 0 spiro atoms. The van der Waals surface area contributed by atoms with Crippen LogP contribution in [0.2, 0.25) is 0 Å². The highest BCUT2D eigenvalue weighted by Gasteiger charge is 2.49. The normalized spacial score (nSPS) is 28.4. The van der Waals surface area contributed by atoms with Gasteiger partial charge in [0, 0.05) is 49.2 Å². The SMILES string of the molecule is Cc1nccc(N2C[C@H]3C[C@@H](C2)[C@H](Cc2cccc(F)c2)N2C(=O)CCC[C@@H]32)c1C. The number of carbonyl (C=O) groups is 1. The highest BCUT2D eigenvalue weighted by atomic mass is 19.1. The van der Waals surface area contributed by atoms with E-state index in [1.54, 1.807) is 12.1 Å². The summed E-state index contributed by atoms with van der Waals surface area (Å²) in [6, 6.07) is 9.49. The number of amides is 1. The van der Waals surface area contributed by atoms with E-state index in [9.17, 15) is 9.18 Å². The third-order valence-corrected chi connectivity index (χ3v) is 7.60. The number of fused-ring (bicyclic) bond motifs is 4. The van der Waals surface area contributed by atoms with E-state index in [4.69, 9.17) is 0 Å². The van der Waals surface area contributed by atoms with Crippen molar-refractivity contribution in [3.05, 3.63) is 59.2 Å². The van der Waals surface area contributed by atoms with Crippen molar-refractivity contribution in [2.75, 3.05) is 18.0 Å². The summed E-state index contributed by atoms with van der Waals surface area (Å²) in [5.41, 5.74) is 4.59. The fourth-order valence-corrected chi connectivity index (χ4v) is 6.11. The van der Waals surface area contributed by atoms with Crippen molar-refractivity contribution in [2.24, 2.45) is 11.8 Å². The number of hydrogen-bond acceptors (Lipinski definition) is 3. The van der Waals surface area contributed by atoms with Crippen molar-refractivity contribution >= 4 is 11.6 Å². The minimum absolute atomic E-state index is 0.145. The van der Waals surface area contributed by atoms with Gasteiger partial charge in [0.2, 0.25) is 5.91 Å². The van der Waals surface area contributed by atoms with Crippen LogP contribution in [-0.4, -0.2) is 41.0 Å². The first-order chi connectivity index (χ1) is 14.5. The molecular formula is C25H30FN3O. The maximum Gasteiger partial charge on any atom is 0.223 e. The fourth-order valence-electron chi connectivity index (χ4n) is 6.11. The molecule has 158 valence electrons. The standard InChI is InChI=1S/C25H30FN3O/c1-16-17(2)27-10-9-22(16)28-14-19-13-20(15-28)24(12-18-5-3-6-21(26)11-18)29-23(19)7-4-8-25(29)30/h3,5-6,9-11,19-20,23-24H,4,7-8,12-15H2,1-2H3/t19-,20+,23+,24+/m1/s1. The molecule has 0 N–H and O–H groups in total. The number of anilines is 1. The maximum atomic E-state index is 13.9. The topological polar surface area (TPSA) is 36.4 Å². The first-order valence-electron chi connectivity index (χ1n) is 11.2. The number of rotatable bonds is 3. The van der Waals surface area contributed by atoms with Crippen LogP contribution in [0.1, 0.15) is 42.5 Å². The largest absolute Gasteiger partial charge is 0.371 e. The summed E-state index contributed by atoms with van der Waals surface area (Å²) >= 11 is 0. The molecule has 2 aromatic rings. The van der Waals surface area contributed by atoms with Gasteiger partial charge in [-0.1, -0.05) is 12.1 Å². The van der Waals surface area contributed by atoms with Crippen LogP contribution in [0.5, 0.6) is 0 Å². The van der Waals surface area contributed by atoms with Crippen molar-refractivity contribution < 1.29 is 9.18 Å². The van der Waals surface area contributed by atoms with Crippen LogP contribution in [0.25, 0.3) is 0 Å². The molecule has 1 amide bonds. The second kappa shape index (κ2) is 7.68. The van der Waals surface area contributed by atoms with E-state index in [2.05, 4.69) is 34.7 Å². The van der Waals surface area contributed by atoms with Crippen molar-refractivity contribution in [1.82, 2.24) is 9.88 Å². The molecule has 4 atom stereocenters. The lowest BCUT2D eigenvalue weighted by atomic mass is 9.70. The minimum atomic E-state index is -0.198. The number of carbonyl (C=O) groups excluding carboxylic acids is 1. The van der Waals surface area contributed by atoms with E-state index in [1.807, 2.05) is 12.3 Å². The molecule has 3 aliphatic rings. The van der Waals surface area contributed by atoms with Crippen LogP contribution in [0.4, 0.5) is 10.1 Å². The average Bonchev–Trinajstić information content (AvgIpc) is 2.73. The molecule has 5 rings (SSSR count). The van der Waals surface area contributed by atoms with Crippen molar-refractivity contribution in [3.63, 3.8) is 0 Å². The molecule has 0 unspecified atom stereocenters. The van der Waals surface area contributed by atoms with E-state index in [0.717, 1.165) is 50.0 Å². The molecule has 4 nitrogen and oxygen atoms in total. The summed E-state index contributed by atoms with van der Waals surface area (Å²) in [7, 11) is 0. The van der Waals surface area contributed by atoms with E-state index < -0.39 is 0 Å². The number of benzene rings is 1. The average molecular weight is 408 g/mol. The van der Waals surface area contributed by atoms with Crippen molar-refractivity contribution in [3.8, 4) is 0 Å². The Morgan fingerprint density at radius 1 is 1.17 bits per heavy atom. The molecule has 3 fully saturated rings. The molecular weight excluding hydrogens is 377 g/mol. The van der Waals surface area contributed by atoms with Crippen molar-refractivity contribution in [2.45, 2.75) is 58.0 Å². The van der Waals surface area contributed by atoms with Gasteiger partial charge in [-0.05, 0) is 80.7 Å². The molecule has 3 aliphatic heterocycles. The highest BCUT2D eigenvalue weighted by Crippen LogP contribution is 2.44. The van der Waals surface area contributed by atoms with Gasteiger partial charge in [-0.2, -0.15) is 0 Å². The molecule has 5 heteroatoms. The molecule has 3 saturated heterocycles. The van der Waals surface area contributed by atoms with Crippen LogP contribution in [0, 0.1) is 31.5 Å². The number of aromatic nitrogens is 1. The Labute approximate surface area is 178 Å². The van der Waals surface area contributed by atoms with Crippen molar-refractivity contribution in [1.29, 1.82) is 0 Å². The molecule has 1 aromatic heterocycles. The Bertz CT molecular complexity index is 961. The number of aryl methyl sites for hydroxylation is 1. The zero-order chi connectivity index (χ0) is 20.8. The van der Waals surface area contributed by atoms with E-state index >= 15 is 0 Å². The van der Waals surface area contributed by atoms with Crippen LogP contribution in [-0.2, 0) is 11.2 Å². The zero-order valence-corrected chi connectivity index (χ0v) is 17.9. The second-order valence-corrected chi connectivity index (χ2v) is 9.36. The number of hydrogen-bond donors (Lipinski definition) is 0. The van der Waals surface area contributed by atoms with Crippen LogP contribution in [0.3, 0.4) is 0 Å². The summed E-state index contributed by atoms with van der Waals surface area (Å²) in [4.78, 5) is 22.2. The third-order valence-electron chi connectivity index (χ3n) is 7.60. The Balaban J connectivity index is 1.49. The Kier molecular flexibility index (Phi) is 5.00. The predicted octanol–water partition coefficient (Wildman–Crippen LogP) is 4.29. The Morgan fingerprint density at radius 2 is 2.00 bits per heavy atom. The molecule has 2 bridgehead atoms. The van der Waals surface area contributed by atoms with Gasteiger partial charge in [-0.3, -0.25) is 9.78 Å². The summed E-state index contributed by atoms with van der Waals surface area (Å²) in [5.74, 6) is 1.01. The Hall–Kier alpha value is -2.43. The van der Waals surface area contributed by atoms with Crippen LogP contribution in [0.15, 0.2) is 36.5 Å². The lowest BCUT2D eigenvalue weighted by Gasteiger charge is -2.57. The van der Waals surface area contributed by atoms with Gasteiger partial charge < -0.3 is 9.80 Å². The number of piperidine rings is 3. The lowest BCUT2D eigenvalue weighted by Crippen LogP contribution is -2.65. The number of nitrogens with zero attached hydrogens (tertiary/aromatic N) is 3. The van der Waals surface area contributed by atoms with E-state index in [1.165, 1.54) is 17.3 Å². The quantitative estimate of drug-likeness (QED) is 0.762. The third kappa shape index (κ3) is 3.38. The smallest absolute Gasteiger partial charge is 0.223 e. The zero-order valence-electron chi connectivity index (χ0n) is 17.9. The summed E-state index contributed by atoms with van der Waals surface area (Å²) < 4.78 is 13.9. The molecule has 1 aromatic carbocycles. The molecule has 0 aliphatic carbocycles. The van der Waals surface area contributed by atoms with Gasteiger partial charge in [0.1, 0.15) is 5.82 Å². The summed E-state index contributed by atoms with van der Waals surface area (Å²) in [5, 5.41) is 0. The first-order valence-corrected chi connectivity index (χ1v) is 11.2. The van der Waals surface area contributed by atoms with Gasteiger partial charge in [0.15, 0.2) is 0 Å². The molecule has 4 heterocycles. The van der Waals surface area contributed by atoms with E-state index in [0.29, 0.717) is 30.2 Å². The molecule has 0 radical (unpaired) electrons. The van der Waals surface area contributed by atoms with Crippen LogP contribution < -0.4 is 4.90 Å². The minimum Gasteiger partial charge on any atom is -0.371 e. The van der Waals surface area contributed by atoms with Gasteiger partial charge in [0.25, 0.3) is 0 Å². The Morgan fingerprint density at radius 3 is 2.83 bits per heavy atom. The summed E-state index contributed by atoms with van der Waals surface area (Å²) in [6.07, 6.45) is 6.53. The lowest BCUT2D eigenvalue weighted by molar-refractivity contribution is -0.148. The number of pyridine rings is 1. The van der Waals surface area contributed by atoms with Gasteiger partial charge in [-0.15, -0.1) is 0 Å². The van der Waals surface area contributed by atoms with E-state index in [-0.39, 0.29) is 11.9 Å². The summed E-state index contributed by atoms with van der Waals surface area (Å²) in [6.45, 7) is 6.17. The van der Waals surface area contributed by atoms with Gasteiger partial charge in [-0.25, -0.2) is 4.39 Å². The second-order valence-electron chi connectivity index (χ2n) is 9.36. The monoisotopic (exact) mass is 407 g/mol. The highest BCUT2D eigenvalue weighted by molar-refractivity contribution is 5.78. The predicted molar refractivity (Wildman–Crippen MR) is 116 cm³/mol. The first kappa shape index (κ1) is 19.5. The molecule has 30 heavy (non-hydrogen) atoms. The molecule has 0 saturated carbocycles. The van der Waals surface area contributed by atoms with Crippen LogP contribution >= 0.6 is 0 Å². The fraction of sp³-hybridized carbons (Fsp3) is 0.520. The van der Waals surface area contributed by atoms with Gasteiger partial charge in [0.05, 0.1) is 0 Å².